The maximum Gasteiger partial charge on any atom is 0.434 e. The third kappa shape index (κ3) is 7.01. The summed E-state index contributed by atoms with van der Waals surface area (Å²) in [7, 11) is -0.510. The predicted octanol–water partition coefficient (Wildman–Crippen LogP) is 5.98. The molecule has 0 saturated heterocycles. The molecular weight excluding hydrogens is 498 g/mol. The monoisotopic (exact) mass is 515 g/mol. The molecule has 3 aromatic carbocycles. The molecule has 3 aromatic rings. The minimum atomic E-state index is -5.86. The van der Waals surface area contributed by atoms with Gasteiger partial charge in [-0.25, -0.2) is 9.59 Å². The second kappa shape index (κ2) is 10.9. The van der Waals surface area contributed by atoms with Gasteiger partial charge in [0.15, 0.2) is 21.3 Å². The van der Waals surface area contributed by atoms with Gasteiger partial charge in [-0.1, -0.05) is 36.4 Å². The fourth-order valence-electron chi connectivity index (χ4n) is 2.94. The van der Waals surface area contributed by atoms with Gasteiger partial charge in [-0.3, -0.25) is 0 Å². The van der Waals surface area contributed by atoms with E-state index in [0.717, 1.165) is 14.7 Å². The molecule has 0 N–H and O–H groups in total. The van der Waals surface area contributed by atoms with E-state index in [1.807, 2.05) is 60.7 Å². The van der Waals surface area contributed by atoms with Crippen LogP contribution in [0.25, 0.3) is 0 Å². The Labute approximate surface area is 198 Å². The van der Waals surface area contributed by atoms with E-state index in [0.29, 0.717) is 0 Å². The summed E-state index contributed by atoms with van der Waals surface area (Å²) in [5.41, 5.74) is -0.0468. The Kier molecular flexibility index (Phi) is 8.11. The average Bonchev–Trinajstić information content (AvgIpc) is 2.81. The van der Waals surface area contributed by atoms with Crippen LogP contribution in [0.4, 0.5) is 26.3 Å². The number of esters is 2. The Morgan fingerprint density at radius 1 is 0.686 bits per heavy atom. The van der Waals surface area contributed by atoms with E-state index in [1.54, 1.807) is 12.1 Å². The molecule has 184 valence electrons. The second-order valence-electron chi connectivity index (χ2n) is 6.99. The van der Waals surface area contributed by atoms with Gasteiger partial charge in [0.2, 0.25) is 0 Å². The van der Waals surface area contributed by atoms with Crippen LogP contribution >= 0.6 is 0 Å². The Hall–Kier alpha value is -3.47. The van der Waals surface area contributed by atoms with Crippen molar-refractivity contribution in [2.24, 2.45) is 0 Å². The van der Waals surface area contributed by atoms with Gasteiger partial charge >= 0.3 is 24.3 Å². The molecule has 11 heteroatoms. The lowest BCUT2D eigenvalue weighted by molar-refractivity contribution is -0.313. The second-order valence-corrected chi connectivity index (χ2v) is 9.01. The summed E-state index contributed by atoms with van der Waals surface area (Å²) in [5.74, 6) is -3.09. The third-order valence-electron chi connectivity index (χ3n) is 4.45. The molecule has 0 amide bonds. The number of rotatable bonds is 7. The van der Waals surface area contributed by atoms with Crippen LogP contribution in [0.5, 0.6) is 0 Å². The first-order chi connectivity index (χ1) is 16.5. The molecular formula is C24H17F6O4S+. The van der Waals surface area contributed by atoms with Crippen LogP contribution in [0, 0.1) is 0 Å². The molecule has 0 aliphatic heterocycles. The molecule has 0 radical (unpaired) electrons. The van der Waals surface area contributed by atoms with Crippen molar-refractivity contribution in [2.45, 2.75) is 33.1 Å². The Morgan fingerprint density at radius 2 is 1.11 bits per heavy atom. The van der Waals surface area contributed by atoms with Gasteiger partial charge in [-0.15, -0.1) is 0 Å². The van der Waals surface area contributed by atoms with E-state index in [-0.39, 0.29) is 5.56 Å². The Balaban J connectivity index is 1.70. The normalized spacial score (nSPS) is 12.0. The van der Waals surface area contributed by atoms with Crippen LogP contribution in [0.15, 0.2) is 99.6 Å². The molecule has 0 atom stereocenters. The first kappa shape index (κ1) is 26.1. The minimum absolute atomic E-state index is 0.0468. The summed E-state index contributed by atoms with van der Waals surface area (Å²) in [5, 5.41) is 0. The molecule has 0 bridgehead atoms. The lowest BCUT2D eigenvalue weighted by atomic mass is 10.2. The Morgan fingerprint density at radius 3 is 1.54 bits per heavy atom. The van der Waals surface area contributed by atoms with Gasteiger partial charge < -0.3 is 9.47 Å². The number of hydrogen-bond donors (Lipinski definition) is 0. The number of carbonyl (C=O) groups excluding carboxylic acids is 2. The van der Waals surface area contributed by atoms with Crippen molar-refractivity contribution in [2.75, 3.05) is 6.61 Å². The molecule has 35 heavy (non-hydrogen) atoms. The molecule has 0 saturated carbocycles. The highest BCUT2D eigenvalue weighted by atomic mass is 32.2. The highest BCUT2D eigenvalue weighted by Crippen LogP contribution is 2.36. The summed E-state index contributed by atoms with van der Waals surface area (Å²) in [4.78, 5) is 26.5. The molecule has 0 unspecified atom stereocenters. The van der Waals surface area contributed by atoms with Gasteiger partial charge in [-0.2, -0.15) is 26.3 Å². The predicted molar refractivity (Wildman–Crippen MR) is 114 cm³/mol. The Bertz CT molecular complexity index is 1080. The van der Waals surface area contributed by atoms with Crippen LogP contribution in [-0.2, 0) is 25.2 Å². The van der Waals surface area contributed by atoms with E-state index in [1.165, 1.54) is 12.1 Å². The maximum atomic E-state index is 12.5. The summed E-state index contributed by atoms with van der Waals surface area (Å²) >= 11 is 0. The van der Waals surface area contributed by atoms with Gasteiger partial charge in [0.05, 0.1) is 16.5 Å². The lowest BCUT2D eigenvalue weighted by Gasteiger charge is -2.22. The van der Waals surface area contributed by atoms with Crippen molar-refractivity contribution in [3.8, 4) is 0 Å². The quantitative estimate of drug-likeness (QED) is 0.221. The van der Waals surface area contributed by atoms with E-state index >= 15 is 0 Å². The molecule has 0 fully saturated rings. The summed E-state index contributed by atoms with van der Waals surface area (Å²) in [6.07, 6.45) is -16.0. The molecule has 0 heterocycles. The van der Waals surface area contributed by atoms with E-state index < -0.39 is 47.9 Å². The van der Waals surface area contributed by atoms with Crippen LogP contribution in [0.3, 0.4) is 0 Å². The van der Waals surface area contributed by atoms with E-state index in [2.05, 4.69) is 9.47 Å². The topological polar surface area (TPSA) is 52.6 Å². The molecule has 0 aromatic heterocycles. The molecule has 3 rings (SSSR count). The number of carbonyl (C=O) groups is 2. The SMILES string of the molecule is O=C(COC(=O)c1ccc([S+](c2ccccc2)c2ccccc2)cc1)OC(C(F)(F)F)C(F)(F)F. The average molecular weight is 515 g/mol. The van der Waals surface area contributed by atoms with Crippen molar-refractivity contribution in [1.82, 2.24) is 0 Å². The van der Waals surface area contributed by atoms with Gasteiger partial charge in [-0.05, 0) is 48.5 Å². The summed E-state index contributed by atoms with van der Waals surface area (Å²) in [6.45, 7) is -1.42. The number of ether oxygens (including phenoxy) is 2. The molecule has 0 aliphatic rings. The van der Waals surface area contributed by atoms with Crippen molar-refractivity contribution in [3.05, 3.63) is 90.5 Å². The number of halogens is 6. The van der Waals surface area contributed by atoms with Gasteiger partial charge in [0, 0.05) is 0 Å². The van der Waals surface area contributed by atoms with E-state index in [4.69, 9.17) is 0 Å². The smallest absolute Gasteiger partial charge is 0.434 e. The largest absolute Gasteiger partial charge is 0.450 e. The molecule has 0 aliphatic carbocycles. The lowest BCUT2D eigenvalue weighted by Crippen LogP contribution is -2.46. The number of hydrogen-bond acceptors (Lipinski definition) is 4. The zero-order chi connectivity index (χ0) is 25.6. The maximum absolute atomic E-state index is 12.5. The van der Waals surface area contributed by atoms with Crippen LogP contribution in [0.1, 0.15) is 10.4 Å². The first-order valence-electron chi connectivity index (χ1n) is 9.91. The fourth-order valence-corrected chi connectivity index (χ4v) is 5.02. The summed E-state index contributed by atoms with van der Waals surface area (Å²) < 4.78 is 82.9. The zero-order valence-corrected chi connectivity index (χ0v) is 18.5. The van der Waals surface area contributed by atoms with Crippen molar-refractivity contribution >= 4 is 22.8 Å². The van der Waals surface area contributed by atoms with Gasteiger partial charge in [0.1, 0.15) is 0 Å². The van der Waals surface area contributed by atoms with Crippen LogP contribution in [-0.4, -0.2) is 37.0 Å². The first-order valence-corrected chi connectivity index (χ1v) is 11.1. The highest BCUT2D eigenvalue weighted by molar-refractivity contribution is 7.97. The summed E-state index contributed by atoms with van der Waals surface area (Å²) in [6, 6.07) is 25.3. The van der Waals surface area contributed by atoms with Crippen LogP contribution in [0.2, 0.25) is 0 Å². The molecule has 0 spiro atoms. The fraction of sp³-hybridized carbons (Fsp3) is 0.167. The van der Waals surface area contributed by atoms with Gasteiger partial charge in [0.25, 0.3) is 6.10 Å². The van der Waals surface area contributed by atoms with E-state index in [9.17, 15) is 35.9 Å². The number of benzene rings is 3. The van der Waals surface area contributed by atoms with Crippen molar-refractivity contribution in [1.29, 1.82) is 0 Å². The molecule has 4 nitrogen and oxygen atoms in total. The highest BCUT2D eigenvalue weighted by Gasteiger charge is 2.59. The third-order valence-corrected chi connectivity index (χ3v) is 6.68. The zero-order valence-electron chi connectivity index (χ0n) is 17.7. The van der Waals surface area contributed by atoms with Crippen molar-refractivity contribution in [3.63, 3.8) is 0 Å². The minimum Gasteiger partial charge on any atom is -0.450 e. The van der Waals surface area contributed by atoms with Crippen molar-refractivity contribution < 1.29 is 45.4 Å². The van der Waals surface area contributed by atoms with Crippen LogP contribution < -0.4 is 0 Å². The number of alkyl halides is 6. The standard InChI is InChI=1S/C24H17F6O4S/c25-23(26,27)22(24(28,29)30)34-20(31)15-33-21(32)16-11-13-19(14-12-16)35(17-7-3-1-4-8-17)18-9-5-2-6-10-18/h1-14,22H,15H2/q+1.